The lowest BCUT2D eigenvalue weighted by Gasteiger charge is -2.40. The van der Waals surface area contributed by atoms with Crippen LogP contribution in [-0.4, -0.2) is 30.3 Å². The van der Waals surface area contributed by atoms with Crippen molar-refractivity contribution in [3.63, 3.8) is 0 Å². The summed E-state index contributed by atoms with van der Waals surface area (Å²) in [4.78, 5) is 10.6. The number of nitro benzene ring substituents is 1. The van der Waals surface area contributed by atoms with Gasteiger partial charge in [-0.2, -0.15) is 0 Å². The summed E-state index contributed by atoms with van der Waals surface area (Å²) in [5.74, 6) is 0.292. The molecule has 0 radical (unpaired) electrons. The van der Waals surface area contributed by atoms with Gasteiger partial charge in [0.1, 0.15) is 0 Å². The Bertz CT molecular complexity index is 507. The molecule has 1 N–H and O–H groups in total. The highest BCUT2D eigenvalue weighted by atomic mass is 16.6. The number of anilines is 1. The Morgan fingerprint density at radius 1 is 1.43 bits per heavy atom. The molecule has 0 saturated heterocycles. The van der Waals surface area contributed by atoms with E-state index >= 15 is 0 Å². The average molecular weight is 294 g/mol. The van der Waals surface area contributed by atoms with Crippen molar-refractivity contribution < 1.29 is 14.4 Å². The zero-order chi connectivity index (χ0) is 15.5. The third kappa shape index (κ3) is 3.64. The molecule has 1 aromatic rings. The third-order valence-corrected chi connectivity index (χ3v) is 3.83. The summed E-state index contributed by atoms with van der Waals surface area (Å²) in [6.45, 7) is 4.39. The molecule has 6 heteroatoms. The summed E-state index contributed by atoms with van der Waals surface area (Å²) in [7, 11) is 1.73. The highest BCUT2D eigenvalue weighted by Gasteiger charge is 2.36. The molecule has 0 aliphatic heterocycles. The van der Waals surface area contributed by atoms with Crippen LogP contribution in [0, 0.1) is 10.1 Å². The van der Waals surface area contributed by atoms with Gasteiger partial charge in [-0.3, -0.25) is 10.1 Å². The van der Waals surface area contributed by atoms with Crippen molar-refractivity contribution in [3.8, 4) is 5.75 Å². The van der Waals surface area contributed by atoms with Gasteiger partial charge >= 0.3 is 5.69 Å². The van der Waals surface area contributed by atoms with Crippen molar-refractivity contribution in [3.05, 3.63) is 28.3 Å². The van der Waals surface area contributed by atoms with Crippen molar-refractivity contribution in [1.82, 2.24) is 0 Å². The minimum absolute atomic E-state index is 0.0145. The molecule has 116 valence electrons. The second-order valence-corrected chi connectivity index (χ2v) is 5.70. The summed E-state index contributed by atoms with van der Waals surface area (Å²) >= 11 is 0. The largest absolute Gasteiger partial charge is 0.484 e. The summed E-state index contributed by atoms with van der Waals surface area (Å²) in [5.41, 5.74) is 0.694. The van der Waals surface area contributed by atoms with Crippen LogP contribution in [0.2, 0.25) is 0 Å². The Balaban J connectivity index is 2.11. The molecule has 6 nitrogen and oxygen atoms in total. The van der Waals surface area contributed by atoms with Crippen LogP contribution in [-0.2, 0) is 4.74 Å². The SMILES string of the molecule is COC1(CNc2ccc([N+](=O)[O-])c(OC(C)C)c2)CCC1. The van der Waals surface area contributed by atoms with Crippen LogP contribution >= 0.6 is 0 Å². The molecular formula is C15H22N2O4. The van der Waals surface area contributed by atoms with Crippen LogP contribution in [0.5, 0.6) is 5.75 Å². The van der Waals surface area contributed by atoms with Gasteiger partial charge in [0, 0.05) is 31.5 Å². The summed E-state index contributed by atoms with van der Waals surface area (Å²) in [6, 6.07) is 4.85. The Labute approximate surface area is 124 Å². The van der Waals surface area contributed by atoms with E-state index in [1.54, 1.807) is 19.2 Å². The monoisotopic (exact) mass is 294 g/mol. The van der Waals surface area contributed by atoms with Gasteiger partial charge in [-0.15, -0.1) is 0 Å². The Hall–Kier alpha value is -1.82. The molecule has 0 aromatic heterocycles. The van der Waals surface area contributed by atoms with Gasteiger partial charge in [-0.05, 0) is 39.2 Å². The molecule has 2 rings (SSSR count). The molecule has 0 spiro atoms. The van der Waals surface area contributed by atoms with Crippen LogP contribution in [0.1, 0.15) is 33.1 Å². The second kappa shape index (κ2) is 6.30. The molecule has 1 aliphatic rings. The van der Waals surface area contributed by atoms with E-state index in [9.17, 15) is 10.1 Å². The lowest BCUT2D eigenvalue weighted by atomic mass is 9.80. The van der Waals surface area contributed by atoms with Gasteiger partial charge < -0.3 is 14.8 Å². The number of benzene rings is 1. The molecule has 0 amide bonds. The van der Waals surface area contributed by atoms with E-state index < -0.39 is 4.92 Å². The molecule has 0 bridgehead atoms. The Kier molecular flexibility index (Phi) is 4.67. The van der Waals surface area contributed by atoms with Gasteiger partial charge in [0.25, 0.3) is 0 Å². The fraction of sp³-hybridized carbons (Fsp3) is 0.600. The topological polar surface area (TPSA) is 73.6 Å². The molecule has 21 heavy (non-hydrogen) atoms. The maximum Gasteiger partial charge on any atom is 0.311 e. The first kappa shape index (κ1) is 15.6. The van der Waals surface area contributed by atoms with Crippen LogP contribution < -0.4 is 10.1 Å². The molecule has 1 fully saturated rings. The highest BCUT2D eigenvalue weighted by molar-refractivity contribution is 5.58. The molecule has 0 unspecified atom stereocenters. The zero-order valence-corrected chi connectivity index (χ0v) is 12.7. The smallest absolute Gasteiger partial charge is 0.311 e. The summed E-state index contributed by atoms with van der Waals surface area (Å²) in [6.07, 6.45) is 3.14. The van der Waals surface area contributed by atoms with Crippen molar-refractivity contribution in [2.75, 3.05) is 19.0 Å². The van der Waals surface area contributed by atoms with Crippen molar-refractivity contribution >= 4 is 11.4 Å². The normalized spacial score (nSPS) is 16.4. The third-order valence-electron chi connectivity index (χ3n) is 3.83. The maximum absolute atomic E-state index is 11.0. The van der Waals surface area contributed by atoms with E-state index in [-0.39, 0.29) is 17.4 Å². The van der Waals surface area contributed by atoms with Crippen molar-refractivity contribution in [2.24, 2.45) is 0 Å². The van der Waals surface area contributed by atoms with Gasteiger partial charge in [0.15, 0.2) is 5.75 Å². The molecule has 1 aliphatic carbocycles. The first-order valence-electron chi connectivity index (χ1n) is 7.20. The molecular weight excluding hydrogens is 272 g/mol. The Morgan fingerprint density at radius 3 is 2.62 bits per heavy atom. The Morgan fingerprint density at radius 2 is 2.14 bits per heavy atom. The lowest BCUT2D eigenvalue weighted by molar-refractivity contribution is -0.386. The number of rotatable bonds is 7. The fourth-order valence-corrected chi connectivity index (χ4v) is 2.41. The minimum atomic E-state index is -0.427. The number of hydrogen-bond donors (Lipinski definition) is 1. The molecule has 0 atom stereocenters. The number of nitrogens with zero attached hydrogens (tertiary/aromatic N) is 1. The van der Waals surface area contributed by atoms with Crippen LogP contribution in [0.25, 0.3) is 0 Å². The number of methoxy groups -OCH3 is 1. The van der Waals surface area contributed by atoms with Gasteiger partial charge in [0.05, 0.1) is 16.6 Å². The van der Waals surface area contributed by atoms with Gasteiger partial charge in [-0.25, -0.2) is 0 Å². The predicted octanol–water partition coefficient (Wildman–Crippen LogP) is 3.36. The zero-order valence-electron chi connectivity index (χ0n) is 12.7. The standard InChI is InChI=1S/C15H22N2O4/c1-11(2)21-14-9-12(5-6-13(14)17(18)19)16-10-15(20-3)7-4-8-15/h5-6,9,11,16H,4,7-8,10H2,1-3H3. The van der Waals surface area contributed by atoms with Crippen LogP contribution in [0.4, 0.5) is 11.4 Å². The summed E-state index contributed by atoms with van der Waals surface area (Å²) in [5, 5.41) is 14.3. The second-order valence-electron chi connectivity index (χ2n) is 5.70. The predicted molar refractivity (Wildman–Crippen MR) is 80.9 cm³/mol. The van der Waals surface area contributed by atoms with Crippen LogP contribution in [0.3, 0.4) is 0 Å². The molecule has 1 saturated carbocycles. The van der Waals surface area contributed by atoms with Crippen molar-refractivity contribution in [2.45, 2.75) is 44.8 Å². The first-order chi connectivity index (χ1) is 9.96. The maximum atomic E-state index is 11.0. The number of ether oxygens (including phenoxy) is 2. The fourth-order valence-electron chi connectivity index (χ4n) is 2.41. The number of nitrogens with one attached hydrogen (secondary N) is 1. The summed E-state index contributed by atoms with van der Waals surface area (Å²) < 4.78 is 11.1. The molecule has 1 aromatic carbocycles. The lowest BCUT2D eigenvalue weighted by Crippen LogP contribution is -2.45. The van der Waals surface area contributed by atoms with Gasteiger partial charge in [0.2, 0.25) is 0 Å². The number of hydrogen-bond acceptors (Lipinski definition) is 5. The van der Waals surface area contributed by atoms with E-state index in [4.69, 9.17) is 9.47 Å². The van der Waals surface area contributed by atoms with Gasteiger partial charge in [-0.1, -0.05) is 0 Å². The number of nitro groups is 1. The quantitative estimate of drug-likeness (QED) is 0.616. The van der Waals surface area contributed by atoms with Crippen molar-refractivity contribution in [1.29, 1.82) is 0 Å². The first-order valence-corrected chi connectivity index (χ1v) is 7.20. The minimum Gasteiger partial charge on any atom is -0.484 e. The van der Waals surface area contributed by atoms with E-state index in [0.717, 1.165) is 18.5 Å². The molecule has 0 heterocycles. The van der Waals surface area contributed by atoms with E-state index in [1.165, 1.54) is 12.5 Å². The average Bonchev–Trinajstić information content (AvgIpc) is 2.37. The van der Waals surface area contributed by atoms with E-state index in [0.29, 0.717) is 12.3 Å². The van der Waals surface area contributed by atoms with E-state index in [2.05, 4.69) is 5.32 Å². The van der Waals surface area contributed by atoms with E-state index in [1.807, 2.05) is 13.8 Å². The highest BCUT2D eigenvalue weighted by Crippen LogP contribution is 2.36. The van der Waals surface area contributed by atoms with Crippen LogP contribution in [0.15, 0.2) is 18.2 Å².